The van der Waals surface area contributed by atoms with Crippen LogP contribution in [0.5, 0.6) is 5.75 Å². The molecular formula is C23H37N3O3. The lowest BCUT2D eigenvalue weighted by atomic mass is 10.0. The van der Waals surface area contributed by atoms with E-state index in [2.05, 4.69) is 22.5 Å². The van der Waals surface area contributed by atoms with Crippen LogP contribution in [0.2, 0.25) is 0 Å². The summed E-state index contributed by atoms with van der Waals surface area (Å²) in [5.41, 5.74) is 0.519. The Morgan fingerprint density at radius 2 is 1.93 bits per heavy atom. The number of rotatable bonds is 10. The molecule has 162 valence electrons. The van der Waals surface area contributed by atoms with Gasteiger partial charge in [0.05, 0.1) is 6.61 Å². The van der Waals surface area contributed by atoms with Gasteiger partial charge in [0.1, 0.15) is 11.8 Å². The van der Waals surface area contributed by atoms with Crippen molar-refractivity contribution in [1.29, 1.82) is 0 Å². The molecule has 29 heavy (non-hydrogen) atoms. The number of carbonyl (C=O) groups excluding carboxylic acids is 2. The van der Waals surface area contributed by atoms with Crippen LogP contribution >= 0.6 is 0 Å². The number of nitrogens with one attached hydrogen (secondary N) is 2. The van der Waals surface area contributed by atoms with E-state index in [1.807, 2.05) is 20.8 Å². The van der Waals surface area contributed by atoms with E-state index < -0.39 is 6.04 Å². The van der Waals surface area contributed by atoms with Gasteiger partial charge in [0, 0.05) is 24.7 Å². The Kier molecular flexibility index (Phi) is 9.45. The van der Waals surface area contributed by atoms with Gasteiger partial charge in [0.15, 0.2) is 0 Å². The maximum absolute atomic E-state index is 12.6. The molecule has 1 heterocycles. The Hall–Kier alpha value is -2.08. The quantitative estimate of drug-likeness (QED) is 0.589. The normalized spacial score (nSPS) is 18.3. The Morgan fingerprint density at radius 1 is 1.21 bits per heavy atom. The first kappa shape index (κ1) is 23.2. The van der Waals surface area contributed by atoms with Crippen molar-refractivity contribution in [3.63, 3.8) is 0 Å². The minimum absolute atomic E-state index is 0.00349. The van der Waals surface area contributed by atoms with E-state index in [1.54, 1.807) is 24.3 Å². The number of benzene rings is 1. The lowest BCUT2D eigenvalue weighted by molar-refractivity contribution is -0.123. The van der Waals surface area contributed by atoms with Crippen molar-refractivity contribution in [2.75, 3.05) is 26.2 Å². The first-order chi connectivity index (χ1) is 13.9. The molecule has 1 aromatic rings. The number of ether oxygens (including phenoxy) is 1. The molecule has 1 saturated heterocycles. The molecule has 0 unspecified atom stereocenters. The first-order valence-corrected chi connectivity index (χ1v) is 11.0. The minimum Gasteiger partial charge on any atom is -0.494 e. The number of amides is 2. The summed E-state index contributed by atoms with van der Waals surface area (Å²) in [7, 11) is 0. The maximum atomic E-state index is 12.6. The molecule has 0 bridgehead atoms. The number of nitrogens with zero attached hydrogens (tertiary/aromatic N) is 1. The zero-order valence-corrected chi connectivity index (χ0v) is 18.4. The van der Waals surface area contributed by atoms with Crippen LogP contribution in [-0.4, -0.2) is 55.0 Å². The van der Waals surface area contributed by atoms with Gasteiger partial charge in [-0.25, -0.2) is 0 Å². The number of piperidine rings is 1. The summed E-state index contributed by atoms with van der Waals surface area (Å²) in [6.45, 7) is 11.5. The molecule has 1 aromatic carbocycles. The molecule has 0 aromatic heterocycles. The highest BCUT2D eigenvalue weighted by atomic mass is 16.5. The fraction of sp³-hybridized carbons (Fsp3) is 0.652. The summed E-state index contributed by atoms with van der Waals surface area (Å²) in [6.07, 6.45) is 4.77. The molecule has 0 aliphatic carbocycles. The zero-order chi connectivity index (χ0) is 21.2. The second-order valence-electron chi connectivity index (χ2n) is 8.18. The lowest BCUT2D eigenvalue weighted by Crippen LogP contribution is -2.50. The summed E-state index contributed by atoms with van der Waals surface area (Å²) in [5.74, 6) is 0.365. The smallest absolute Gasteiger partial charge is 0.251 e. The number of likely N-dealkylation sites (tertiary alicyclic amines) is 1. The highest BCUT2D eigenvalue weighted by molar-refractivity contribution is 5.97. The number of hydrogen-bond donors (Lipinski definition) is 2. The van der Waals surface area contributed by atoms with Gasteiger partial charge in [-0.15, -0.1) is 0 Å². The van der Waals surface area contributed by atoms with Gasteiger partial charge < -0.3 is 20.3 Å². The molecule has 1 aliphatic rings. The SMILES string of the molecule is CCOc1ccc(C(=O)N[C@H](C(=O)NCCCN2CCCC[C@H]2C)C(C)C)cc1. The average molecular weight is 404 g/mol. The third-order valence-electron chi connectivity index (χ3n) is 5.53. The Morgan fingerprint density at radius 3 is 2.55 bits per heavy atom. The Balaban J connectivity index is 1.81. The third kappa shape index (κ3) is 7.35. The summed E-state index contributed by atoms with van der Waals surface area (Å²) in [4.78, 5) is 27.7. The fourth-order valence-electron chi connectivity index (χ4n) is 3.72. The van der Waals surface area contributed by atoms with E-state index in [-0.39, 0.29) is 17.7 Å². The predicted octanol–water partition coefficient (Wildman–Crippen LogP) is 3.22. The fourth-order valence-corrected chi connectivity index (χ4v) is 3.72. The first-order valence-electron chi connectivity index (χ1n) is 11.0. The molecule has 0 radical (unpaired) electrons. The largest absolute Gasteiger partial charge is 0.494 e. The van der Waals surface area contributed by atoms with Gasteiger partial charge >= 0.3 is 0 Å². The predicted molar refractivity (Wildman–Crippen MR) is 116 cm³/mol. The standard InChI is InChI=1S/C23H37N3O3/c1-5-29-20-12-10-19(11-13-20)22(27)25-21(17(2)3)23(28)24-14-8-16-26-15-7-6-9-18(26)4/h10-13,17-18,21H,5-9,14-16H2,1-4H3,(H,24,28)(H,25,27)/t18-,21+/m1/s1. The van der Waals surface area contributed by atoms with E-state index in [1.165, 1.54) is 19.3 Å². The van der Waals surface area contributed by atoms with E-state index in [0.717, 1.165) is 25.3 Å². The van der Waals surface area contributed by atoms with Crippen molar-refractivity contribution in [3.8, 4) is 5.75 Å². The maximum Gasteiger partial charge on any atom is 0.251 e. The van der Waals surface area contributed by atoms with Crippen molar-refractivity contribution in [1.82, 2.24) is 15.5 Å². The molecule has 0 spiro atoms. The van der Waals surface area contributed by atoms with E-state index in [0.29, 0.717) is 24.8 Å². The van der Waals surface area contributed by atoms with Gasteiger partial charge in [-0.3, -0.25) is 9.59 Å². The van der Waals surface area contributed by atoms with Crippen molar-refractivity contribution in [2.45, 2.75) is 65.5 Å². The molecule has 6 heteroatoms. The molecule has 0 saturated carbocycles. The van der Waals surface area contributed by atoms with Crippen LogP contribution in [0.1, 0.15) is 63.7 Å². The van der Waals surface area contributed by atoms with E-state index in [4.69, 9.17) is 4.74 Å². The molecule has 6 nitrogen and oxygen atoms in total. The molecule has 2 N–H and O–H groups in total. The molecule has 1 aliphatic heterocycles. The summed E-state index contributed by atoms with van der Waals surface area (Å²) in [6, 6.07) is 7.05. The topological polar surface area (TPSA) is 70.7 Å². The Bertz CT molecular complexity index is 645. The number of hydrogen-bond acceptors (Lipinski definition) is 4. The van der Waals surface area contributed by atoms with Gasteiger partial charge in [0.25, 0.3) is 5.91 Å². The minimum atomic E-state index is -0.553. The monoisotopic (exact) mass is 403 g/mol. The summed E-state index contributed by atoms with van der Waals surface area (Å²) < 4.78 is 5.40. The van der Waals surface area contributed by atoms with Gasteiger partial charge in [-0.05, 0) is 69.8 Å². The van der Waals surface area contributed by atoms with Crippen LogP contribution in [0, 0.1) is 5.92 Å². The highest BCUT2D eigenvalue weighted by Crippen LogP contribution is 2.16. The second kappa shape index (κ2) is 11.8. The average Bonchev–Trinajstić information content (AvgIpc) is 2.71. The van der Waals surface area contributed by atoms with Crippen LogP contribution in [0.15, 0.2) is 24.3 Å². The highest BCUT2D eigenvalue weighted by Gasteiger charge is 2.24. The molecular weight excluding hydrogens is 366 g/mol. The van der Waals surface area contributed by atoms with E-state index in [9.17, 15) is 9.59 Å². The van der Waals surface area contributed by atoms with Crippen molar-refractivity contribution in [3.05, 3.63) is 29.8 Å². The number of carbonyl (C=O) groups is 2. The van der Waals surface area contributed by atoms with Crippen LogP contribution in [0.25, 0.3) is 0 Å². The van der Waals surface area contributed by atoms with Crippen LogP contribution in [0.4, 0.5) is 0 Å². The summed E-state index contributed by atoms with van der Waals surface area (Å²) in [5, 5.41) is 5.88. The van der Waals surface area contributed by atoms with Crippen molar-refractivity contribution in [2.24, 2.45) is 5.92 Å². The van der Waals surface area contributed by atoms with Crippen molar-refractivity contribution >= 4 is 11.8 Å². The lowest BCUT2D eigenvalue weighted by Gasteiger charge is -2.33. The third-order valence-corrected chi connectivity index (χ3v) is 5.53. The summed E-state index contributed by atoms with van der Waals surface area (Å²) >= 11 is 0. The Labute approximate surface area is 175 Å². The van der Waals surface area contributed by atoms with E-state index >= 15 is 0 Å². The van der Waals surface area contributed by atoms with Crippen LogP contribution in [-0.2, 0) is 4.79 Å². The van der Waals surface area contributed by atoms with Crippen LogP contribution < -0.4 is 15.4 Å². The van der Waals surface area contributed by atoms with Gasteiger partial charge in [-0.1, -0.05) is 20.3 Å². The molecule has 1 fully saturated rings. The van der Waals surface area contributed by atoms with Crippen molar-refractivity contribution < 1.29 is 14.3 Å². The molecule has 2 amide bonds. The zero-order valence-electron chi connectivity index (χ0n) is 18.4. The van der Waals surface area contributed by atoms with Gasteiger partial charge in [-0.2, -0.15) is 0 Å². The second-order valence-corrected chi connectivity index (χ2v) is 8.18. The molecule has 2 atom stereocenters. The molecule has 2 rings (SSSR count). The van der Waals surface area contributed by atoms with Gasteiger partial charge in [0.2, 0.25) is 5.91 Å². The van der Waals surface area contributed by atoms with Crippen LogP contribution in [0.3, 0.4) is 0 Å².